The Labute approximate surface area is 41.7 Å². The van der Waals surface area contributed by atoms with Crippen LogP contribution in [-0.2, 0) is 13.9 Å². The molecule has 0 rings (SSSR count). The molecule has 0 saturated heterocycles. The van der Waals surface area contributed by atoms with E-state index in [0.29, 0.717) is 0 Å². The van der Waals surface area contributed by atoms with E-state index in [-0.39, 0.29) is 11.0 Å². The van der Waals surface area contributed by atoms with Gasteiger partial charge in [0, 0.05) is 0 Å². The third-order valence-corrected chi connectivity index (χ3v) is 1.57. The molecule has 0 aliphatic carbocycles. The van der Waals surface area contributed by atoms with Crippen molar-refractivity contribution in [2.24, 2.45) is 0 Å². The van der Waals surface area contributed by atoms with Gasteiger partial charge in [0.15, 0.2) is 0 Å². The van der Waals surface area contributed by atoms with Crippen LogP contribution < -0.4 is 0 Å². The van der Waals surface area contributed by atoms with E-state index in [1.807, 2.05) is 5.82 Å². The molecule has 0 unspecified atom stereocenters. The van der Waals surface area contributed by atoms with Gasteiger partial charge in [0.2, 0.25) is 0 Å². The Kier molecular flexibility index (Phi) is 3.89. The quantitative estimate of drug-likeness (QED) is 0.501. The van der Waals surface area contributed by atoms with Gasteiger partial charge in [0.25, 0.3) is 0 Å². The van der Waals surface area contributed by atoms with Crippen LogP contribution in [0.15, 0.2) is 0 Å². The van der Waals surface area contributed by atoms with E-state index in [0.717, 1.165) is 0 Å². The first-order chi connectivity index (χ1) is 2.81. The number of aliphatic hydroxyl groups excluding tert-OH is 2. The molecule has 0 heterocycles. The Morgan fingerprint density at radius 3 is 1.67 bits per heavy atom. The minimum atomic E-state index is -0.611. The summed E-state index contributed by atoms with van der Waals surface area (Å²) in [6, 6.07) is 0. The van der Waals surface area contributed by atoms with Gasteiger partial charge in [-0.15, -0.1) is 0 Å². The molecule has 0 aromatic carbocycles. The van der Waals surface area contributed by atoms with Crippen molar-refractivity contribution in [3.8, 4) is 0 Å². The first-order valence-electron chi connectivity index (χ1n) is 1.49. The zero-order valence-corrected chi connectivity index (χ0v) is 4.77. The van der Waals surface area contributed by atoms with Crippen LogP contribution in [0.5, 0.6) is 0 Å². The van der Waals surface area contributed by atoms with Crippen molar-refractivity contribution in [2.45, 2.75) is 5.82 Å². The topological polar surface area (TPSA) is 40.5 Å². The van der Waals surface area contributed by atoms with E-state index < -0.39 is 13.9 Å². The van der Waals surface area contributed by atoms with Gasteiger partial charge in [0.05, 0.1) is 0 Å². The van der Waals surface area contributed by atoms with Crippen LogP contribution in [0.4, 0.5) is 0 Å². The maximum absolute atomic E-state index is 8.21. The molecule has 6 heavy (non-hydrogen) atoms. The van der Waals surface area contributed by atoms with Gasteiger partial charge in [-0.3, -0.25) is 0 Å². The number of hydrogen-bond acceptors (Lipinski definition) is 2. The molecule has 0 saturated carbocycles. The van der Waals surface area contributed by atoms with Crippen LogP contribution in [0.1, 0.15) is 0 Å². The number of hydrogen-bond donors (Lipinski definition) is 2. The SMILES string of the molecule is [CH3][Fe]([CH2]O)[CH2]O. The normalized spacial score (nSPS) is 11.5. The van der Waals surface area contributed by atoms with Crippen molar-refractivity contribution in [1.82, 2.24) is 0 Å². The average molecular weight is 133 g/mol. The predicted octanol–water partition coefficient (Wildman–Crippen LogP) is -0.448. The van der Waals surface area contributed by atoms with Gasteiger partial charge >= 0.3 is 40.9 Å². The van der Waals surface area contributed by atoms with E-state index in [4.69, 9.17) is 10.2 Å². The fourth-order valence-electron chi connectivity index (χ4n) is 0.0354. The van der Waals surface area contributed by atoms with Crippen LogP contribution in [0.3, 0.4) is 0 Å². The van der Waals surface area contributed by atoms with Crippen molar-refractivity contribution in [2.75, 3.05) is 11.0 Å². The summed E-state index contributed by atoms with van der Waals surface area (Å²) in [5, 5.41) is 16.4. The molecule has 0 aliphatic heterocycles. The summed E-state index contributed by atoms with van der Waals surface area (Å²) in [6.45, 7) is 0. The van der Waals surface area contributed by atoms with Gasteiger partial charge < -0.3 is 0 Å². The first-order valence-corrected chi connectivity index (χ1v) is 4.15. The summed E-state index contributed by atoms with van der Waals surface area (Å²) in [7, 11) is 0. The van der Waals surface area contributed by atoms with E-state index in [9.17, 15) is 0 Å². The van der Waals surface area contributed by atoms with Gasteiger partial charge in [-0.05, 0) is 0 Å². The summed E-state index contributed by atoms with van der Waals surface area (Å²) in [5.74, 6) is 1.86. The van der Waals surface area contributed by atoms with Gasteiger partial charge in [0.1, 0.15) is 0 Å². The van der Waals surface area contributed by atoms with E-state index in [1.54, 1.807) is 0 Å². The zero-order valence-electron chi connectivity index (χ0n) is 3.66. The molecule has 0 radical (unpaired) electrons. The van der Waals surface area contributed by atoms with E-state index in [2.05, 4.69) is 0 Å². The Hall–Kier alpha value is 0.439. The fraction of sp³-hybridized carbons (Fsp3) is 1.00. The summed E-state index contributed by atoms with van der Waals surface area (Å²) < 4.78 is 0. The van der Waals surface area contributed by atoms with Gasteiger partial charge in [-0.2, -0.15) is 0 Å². The third-order valence-electron chi connectivity index (χ3n) is 0.382. The van der Waals surface area contributed by atoms with Gasteiger partial charge in [-0.1, -0.05) is 0 Å². The van der Waals surface area contributed by atoms with Crippen LogP contribution in [-0.4, -0.2) is 21.2 Å². The molecule has 2 N–H and O–H groups in total. The van der Waals surface area contributed by atoms with Crippen molar-refractivity contribution in [3.05, 3.63) is 0 Å². The second-order valence-corrected chi connectivity index (χ2v) is 3.71. The molecule has 0 fully saturated rings. The molecule has 41 valence electrons. The van der Waals surface area contributed by atoms with Crippen LogP contribution >= 0.6 is 0 Å². The zero-order chi connectivity index (χ0) is 4.99. The Bertz CT molecular complexity index is 28.0. The molecule has 0 bridgehead atoms. The molecule has 0 aromatic rings. The standard InChI is InChI=1S/2CH3O.CH3.Fe/c2*1-2;;/h2*2H,1H2;1H3;. The molecule has 0 aromatic heterocycles. The van der Waals surface area contributed by atoms with Crippen LogP contribution in [0.2, 0.25) is 5.82 Å². The van der Waals surface area contributed by atoms with Crippen LogP contribution in [0.25, 0.3) is 0 Å². The van der Waals surface area contributed by atoms with Crippen LogP contribution in [0, 0.1) is 0 Å². The summed E-state index contributed by atoms with van der Waals surface area (Å²) in [6.07, 6.45) is 0. The molecule has 0 amide bonds. The van der Waals surface area contributed by atoms with Crippen molar-refractivity contribution in [3.63, 3.8) is 0 Å². The molecule has 0 atom stereocenters. The van der Waals surface area contributed by atoms with Crippen molar-refractivity contribution >= 4 is 0 Å². The van der Waals surface area contributed by atoms with Crippen molar-refractivity contribution in [1.29, 1.82) is 0 Å². The summed E-state index contributed by atoms with van der Waals surface area (Å²) in [4.78, 5) is 0. The maximum atomic E-state index is 8.21. The first kappa shape index (κ1) is 6.44. The molecule has 2 nitrogen and oxygen atoms in total. The van der Waals surface area contributed by atoms with Gasteiger partial charge in [-0.25, -0.2) is 0 Å². The minimum absolute atomic E-state index is 0.163. The second kappa shape index (κ2) is 3.62. The summed E-state index contributed by atoms with van der Waals surface area (Å²) >= 11 is -0.611. The molecular weight excluding hydrogens is 124 g/mol. The van der Waals surface area contributed by atoms with Crippen molar-refractivity contribution < 1.29 is 24.1 Å². The number of rotatable bonds is 2. The molecule has 3 heteroatoms. The molecule has 0 spiro atoms. The second-order valence-electron chi connectivity index (χ2n) is 0.900. The molecular formula is C3H9FeO2. The third kappa shape index (κ3) is 2.66. The fourth-order valence-corrected chi connectivity index (χ4v) is 0.146. The van der Waals surface area contributed by atoms with E-state index >= 15 is 0 Å². The monoisotopic (exact) mass is 133 g/mol. The summed E-state index contributed by atoms with van der Waals surface area (Å²) in [5.41, 5.74) is 0.326. The average Bonchev–Trinajstić information content (AvgIpc) is 1.65. The number of aliphatic hydroxyl groups is 2. The predicted molar refractivity (Wildman–Crippen MR) is 20.0 cm³/mol. The molecule has 0 aliphatic rings. The van der Waals surface area contributed by atoms with E-state index in [1.165, 1.54) is 0 Å². The Morgan fingerprint density at radius 1 is 1.33 bits per heavy atom. The Morgan fingerprint density at radius 2 is 1.67 bits per heavy atom. The Balaban J connectivity index is 2.75.